The minimum absolute atomic E-state index is 0.154. The summed E-state index contributed by atoms with van der Waals surface area (Å²) in [6, 6.07) is 12.4. The first-order valence-corrected chi connectivity index (χ1v) is 12.3. The van der Waals surface area contributed by atoms with E-state index in [9.17, 15) is 4.79 Å². The Hall–Kier alpha value is -3.00. The number of nitrogens with zero attached hydrogens (tertiary/aromatic N) is 5. The number of benzene rings is 1. The van der Waals surface area contributed by atoms with Gasteiger partial charge in [0.1, 0.15) is 6.54 Å². The molecule has 138 valence electrons. The predicted molar refractivity (Wildman–Crippen MR) is 106 cm³/mol. The molecule has 0 aliphatic carbocycles. The van der Waals surface area contributed by atoms with E-state index in [0.29, 0.717) is 17.4 Å². The van der Waals surface area contributed by atoms with Gasteiger partial charge in [-0.2, -0.15) is 4.98 Å². The van der Waals surface area contributed by atoms with E-state index >= 15 is 0 Å². The maximum atomic E-state index is 12.7. The SMILES string of the molecule is Cc1noc(Cn2nc3ccc(-c4ccc([Si](C)(C)C)cc4)cn3c2=O)n1. The zero-order valence-electron chi connectivity index (χ0n) is 15.8. The van der Waals surface area contributed by atoms with Crippen molar-refractivity contribution < 1.29 is 4.52 Å². The summed E-state index contributed by atoms with van der Waals surface area (Å²) in [7, 11) is -1.33. The highest BCUT2D eigenvalue weighted by atomic mass is 28.3. The van der Waals surface area contributed by atoms with Gasteiger partial charge in [-0.15, -0.1) is 5.10 Å². The molecular formula is C19H21N5O2Si. The van der Waals surface area contributed by atoms with Crippen LogP contribution in [0.1, 0.15) is 11.7 Å². The molecule has 0 radical (unpaired) electrons. The van der Waals surface area contributed by atoms with E-state index in [0.717, 1.165) is 11.1 Å². The quantitative estimate of drug-likeness (QED) is 0.509. The summed E-state index contributed by atoms with van der Waals surface area (Å²) in [5.74, 6) is 0.894. The molecule has 7 nitrogen and oxygen atoms in total. The van der Waals surface area contributed by atoms with Crippen molar-refractivity contribution in [2.24, 2.45) is 0 Å². The summed E-state index contributed by atoms with van der Waals surface area (Å²) in [5.41, 5.74) is 2.39. The van der Waals surface area contributed by atoms with Crippen LogP contribution < -0.4 is 10.9 Å². The minimum Gasteiger partial charge on any atom is -0.337 e. The monoisotopic (exact) mass is 379 g/mol. The molecule has 0 saturated carbocycles. The third-order valence-corrected chi connectivity index (χ3v) is 6.58. The number of aryl methyl sites for hydroxylation is 1. The third-order valence-electron chi connectivity index (χ3n) is 4.52. The van der Waals surface area contributed by atoms with E-state index in [1.807, 2.05) is 18.3 Å². The lowest BCUT2D eigenvalue weighted by atomic mass is 10.1. The Labute approximate surface area is 157 Å². The first kappa shape index (κ1) is 17.4. The van der Waals surface area contributed by atoms with Crippen molar-refractivity contribution in [2.75, 3.05) is 0 Å². The normalized spacial score (nSPS) is 12.0. The van der Waals surface area contributed by atoms with Gasteiger partial charge in [0.05, 0.1) is 8.07 Å². The average molecular weight is 379 g/mol. The van der Waals surface area contributed by atoms with Gasteiger partial charge in [0.2, 0.25) is 5.89 Å². The summed E-state index contributed by atoms with van der Waals surface area (Å²) in [6.45, 7) is 8.87. The molecule has 0 fully saturated rings. The first-order valence-electron chi connectivity index (χ1n) is 8.80. The Morgan fingerprint density at radius 3 is 2.37 bits per heavy atom. The van der Waals surface area contributed by atoms with E-state index in [4.69, 9.17) is 4.52 Å². The van der Waals surface area contributed by atoms with Gasteiger partial charge in [0.25, 0.3) is 0 Å². The van der Waals surface area contributed by atoms with Crippen molar-refractivity contribution in [3.05, 3.63) is 64.8 Å². The fourth-order valence-corrected chi connectivity index (χ4v) is 4.15. The van der Waals surface area contributed by atoms with Crippen LogP contribution in [0.15, 0.2) is 51.9 Å². The Morgan fingerprint density at radius 1 is 1.04 bits per heavy atom. The molecule has 0 saturated heterocycles. The van der Waals surface area contributed by atoms with Crippen LogP contribution in [0.4, 0.5) is 0 Å². The summed E-state index contributed by atoms with van der Waals surface area (Å²) in [6.07, 6.45) is 1.82. The number of hydrogen-bond donors (Lipinski definition) is 0. The van der Waals surface area contributed by atoms with Crippen molar-refractivity contribution >= 4 is 18.9 Å². The van der Waals surface area contributed by atoms with E-state index < -0.39 is 8.07 Å². The molecule has 0 atom stereocenters. The van der Waals surface area contributed by atoms with Crippen molar-refractivity contribution in [1.29, 1.82) is 0 Å². The average Bonchev–Trinajstić information content (AvgIpc) is 3.18. The van der Waals surface area contributed by atoms with E-state index in [1.165, 1.54) is 9.87 Å². The molecule has 0 unspecified atom stereocenters. The molecular weight excluding hydrogens is 358 g/mol. The smallest absolute Gasteiger partial charge is 0.337 e. The van der Waals surface area contributed by atoms with Gasteiger partial charge in [0.15, 0.2) is 11.5 Å². The van der Waals surface area contributed by atoms with Gasteiger partial charge in [0, 0.05) is 6.20 Å². The second-order valence-electron chi connectivity index (χ2n) is 7.65. The molecule has 4 aromatic rings. The molecule has 0 bridgehead atoms. The molecule has 27 heavy (non-hydrogen) atoms. The molecule has 3 aromatic heterocycles. The molecule has 0 N–H and O–H groups in total. The highest BCUT2D eigenvalue weighted by Gasteiger charge is 2.16. The predicted octanol–water partition coefficient (Wildman–Crippen LogP) is 2.45. The van der Waals surface area contributed by atoms with Crippen molar-refractivity contribution in [3.8, 4) is 11.1 Å². The lowest BCUT2D eigenvalue weighted by Crippen LogP contribution is -2.37. The summed E-state index contributed by atoms with van der Waals surface area (Å²) in [4.78, 5) is 16.8. The van der Waals surface area contributed by atoms with Crippen LogP contribution in [0.5, 0.6) is 0 Å². The first-order chi connectivity index (χ1) is 12.8. The van der Waals surface area contributed by atoms with Gasteiger partial charge in [-0.05, 0) is 30.2 Å². The van der Waals surface area contributed by atoms with E-state index in [2.05, 4.69) is 59.1 Å². The highest BCUT2D eigenvalue weighted by molar-refractivity contribution is 6.88. The molecule has 3 heterocycles. The standard InChI is InChI=1S/C19H21N5O2Si/c1-13-20-18(26-22-13)12-24-19(25)23-11-15(7-10-17(23)21-24)14-5-8-16(9-6-14)27(2,3)4/h5-11H,12H2,1-4H3. The third kappa shape index (κ3) is 3.35. The van der Waals surface area contributed by atoms with Gasteiger partial charge < -0.3 is 4.52 Å². The van der Waals surface area contributed by atoms with Crippen LogP contribution in [0.3, 0.4) is 0 Å². The second kappa shape index (κ2) is 6.31. The van der Waals surface area contributed by atoms with E-state index in [-0.39, 0.29) is 12.2 Å². The number of rotatable bonds is 4. The Morgan fingerprint density at radius 2 is 1.74 bits per heavy atom. The molecule has 0 aliphatic rings. The fraction of sp³-hybridized carbons (Fsp3) is 0.263. The molecule has 1 aromatic carbocycles. The summed E-state index contributed by atoms with van der Waals surface area (Å²) < 4.78 is 7.96. The second-order valence-corrected chi connectivity index (χ2v) is 12.7. The Balaban J connectivity index is 1.70. The molecule has 0 amide bonds. The van der Waals surface area contributed by atoms with Gasteiger partial charge >= 0.3 is 5.69 Å². The number of pyridine rings is 1. The molecule has 0 aliphatic heterocycles. The van der Waals surface area contributed by atoms with Crippen LogP contribution in [0.2, 0.25) is 19.6 Å². The zero-order valence-corrected chi connectivity index (χ0v) is 16.8. The summed E-state index contributed by atoms with van der Waals surface area (Å²) >= 11 is 0. The lowest BCUT2D eigenvalue weighted by Gasteiger charge is -2.16. The van der Waals surface area contributed by atoms with Crippen LogP contribution in [-0.4, -0.2) is 32.4 Å². The largest absolute Gasteiger partial charge is 0.350 e. The lowest BCUT2D eigenvalue weighted by molar-refractivity contribution is 0.361. The minimum atomic E-state index is -1.33. The maximum absolute atomic E-state index is 12.7. The summed E-state index contributed by atoms with van der Waals surface area (Å²) in [5, 5.41) is 9.49. The Bertz CT molecular complexity index is 1170. The van der Waals surface area contributed by atoms with Gasteiger partial charge in [-0.25, -0.2) is 13.9 Å². The fourth-order valence-electron chi connectivity index (χ4n) is 2.99. The zero-order chi connectivity index (χ0) is 19.2. The van der Waals surface area contributed by atoms with Crippen molar-refractivity contribution in [3.63, 3.8) is 0 Å². The van der Waals surface area contributed by atoms with Crippen LogP contribution in [-0.2, 0) is 6.54 Å². The van der Waals surface area contributed by atoms with Crippen LogP contribution in [0.25, 0.3) is 16.8 Å². The van der Waals surface area contributed by atoms with E-state index in [1.54, 1.807) is 11.3 Å². The number of aromatic nitrogens is 5. The topological polar surface area (TPSA) is 78.2 Å². The molecule has 4 rings (SSSR count). The number of fused-ring (bicyclic) bond motifs is 1. The number of hydrogen-bond acceptors (Lipinski definition) is 5. The van der Waals surface area contributed by atoms with Gasteiger partial charge in [-0.1, -0.05) is 54.2 Å². The van der Waals surface area contributed by atoms with Crippen molar-refractivity contribution in [1.82, 2.24) is 24.3 Å². The maximum Gasteiger partial charge on any atom is 0.350 e. The van der Waals surface area contributed by atoms with Crippen LogP contribution in [0, 0.1) is 6.92 Å². The van der Waals surface area contributed by atoms with Crippen LogP contribution >= 0.6 is 0 Å². The Kier molecular flexibility index (Phi) is 4.07. The molecule has 8 heteroatoms. The van der Waals surface area contributed by atoms with Gasteiger partial charge in [-0.3, -0.25) is 0 Å². The molecule has 0 spiro atoms. The van der Waals surface area contributed by atoms with Crippen molar-refractivity contribution in [2.45, 2.75) is 33.1 Å². The highest BCUT2D eigenvalue weighted by Crippen LogP contribution is 2.19.